The van der Waals surface area contributed by atoms with Gasteiger partial charge in [-0.05, 0) is 37.1 Å². The monoisotopic (exact) mass is 375 g/mol. The molecule has 0 atom stereocenters. The highest BCUT2D eigenvalue weighted by atomic mass is 32.2. The van der Waals surface area contributed by atoms with Gasteiger partial charge in [0.15, 0.2) is 5.16 Å². The SMILES string of the molecule is CCCCOc1ccc(NC(=O)CSc2nc(CCC)cc(=O)[nH]2)cc1. The second kappa shape index (κ2) is 10.7. The molecule has 0 unspecified atom stereocenters. The Kier molecular flexibility index (Phi) is 8.21. The van der Waals surface area contributed by atoms with E-state index in [2.05, 4.69) is 22.2 Å². The Bertz CT molecular complexity index is 759. The van der Waals surface area contributed by atoms with Gasteiger partial charge >= 0.3 is 0 Å². The summed E-state index contributed by atoms with van der Waals surface area (Å²) in [5, 5.41) is 3.29. The van der Waals surface area contributed by atoms with Gasteiger partial charge in [0.25, 0.3) is 5.56 Å². The maximum absolute atomic E-state index is 12.1. The Morgan fingerprint density at radius 2 is 2.00 bits per heavy atom. The maximum atomic E-state index is 12.1. The number of aromatic nitrogens is 2. The lowest BCUT2D eigenvalue weighted by molar-refractivity contribution is -0.113. The highest BCUT2D eigenvalue weighted by Crippen LogP contribution is 2.17. The molecule has 0 aliphatic carbocycles. The van der Waals surface area contributed by atoms with Gasteiger partial charge in [-0.1, -0.05) is 38.5 Å². The molecule has 2 aromatic rings. The Hall–Kier alpha value is -2.28. The molecule has 0 spiro atoms. The van der Waals surface area contributed by atoms with Crippen molar-refractivity contribution in [2.75, 3.05) is 17.7 Å². The topological polar surface area (TPSA) is 84.1 Å². The molecule has 0 saturated carbocycles. The van der Waals surface area contributed by atoms with Crippen LogP contribution in [-0.2, 0) is 11.2 Å². The third kappa shape index (κ3) is 6.92. The number of carbonyl (C=O) groups excluding carboxylic acids is 1. The number of unbranched alkanes of at least 4 members (excludes halogenated alkanes) is 1. The van der Waals surface area contributed by atoms with E-state index < -0.39 is 0 Å². The molecule has 0 radical (unpaired) electrons. The number of H-pyrrole nitrogens is 1. The fourth-order valence-corrected chi connectivity index (χ4v) is 2.93. The number of aromatic amines is 1. The van der Waals surface area contributed by atoms with Crippen LogP contribution in [0.4, 0.5) is 5.69 Å². The Balaban J connectivity index is 1.84. The number of hydrogen-bond donors (Lipinski definition) is 2. The van der Waals surface area contributed by atoms with E-state index in [-0.39, 0.29) is 17.2 Å². The minimum absolute atomic E-state index is 0.154. The van der Waals surface area contributed by atoms with Crippen molar-refractivity contribution in [2.45, 2.75) is 44.7 Å². The second-order valence-corrected chi connectivity index (χ2v) is 6.82. The van der Waals surface area contributed by atoms with Crippen LogP contribution >= 0.6 is 11.8 Å². The molecule has 0 aliphatic rings. The lowest BCUT2D eigenvalue weighted by atomic mass is 10.2. The van der Waals surface area contributed by atoms with E-state index in [0.29, 0.717) is 17.5 Å². The average molecular weight is 375 g/mol. The summed E-state index contributed by atoms with van der Waals surface area (Å²) in [7, 11) is 0. The summed E-state index contributed by atoms with van der Waals surface area (Å²) < 4.78 is 5.60. The van der Waals surface area contributed by atoms with Crippen molar-refractivity contribution in [3.8, 4) is 5.75 Å². The first-order valence-corrected chi connectivity index (χ1v) is 9.85. The van der Waals surface area contributed by atoms with Gasteiger partial charge in [0.1, 0.15) is 5.75 Å². The fraction of sp³-hybridized carbons (Fsp3) is 0.421. The summed E-state index contributed by atoms with van der Waals surface area (Å²) in [6.07, 6.45) is 3.77. The Labute approximate surface area is 157 Å². The summed E-state index contributed by atoms with van der Waals surface area (Å²) in [6, 6.07) is 8.80. The number of rotatable bonds is 10. The van der Waals surface area contributed by atoms with Gasteiger partial charge < -0.3 is 15.0 Å². The van der Waals surface area contributed by atoms with Crippen LogP contribution in [0, 0.1) is 0 Å². The Morgan fingerprint density at radius 3 is 2.69 bits per heavy atom. The average Bonchev–Trinajstić information content (AvgIpc) is 2.62. The van der Waals surface area contributed by atoms with Crippen LogP contribution in [0.5, 0.6) is 5.75 Å². The van der Waals surface area contributed by atoms with E-state index in [4.69, 9.17) is 4.74 Å². The van der Waals surface area contributed by atoms with Crippen LogP contribution < -0.4 is 15.6 Å². The minimum atomic E-state index is -0.190. The molecule has 2 rings (SSSR count). The molecule has 0 saturated heterocycles. The summed E-state index contributed by atoms with van der Waals surface area (Å²) in [4.78, 5) is 30.7. The smallest absolute Gasteiger partial charge is 0.251 e. The van der Waals surface area contributed by atoms with Crippen molar-refractivity contribution in [1.82, 2.24) is 9.97 Å². The largest absolute Gasteiger partial charge is 0.494 e. The van der Waals surface area contributed by atoms with Crippen LogP contribution in [0.25, 0.3) is 0 Å². The number of aryl methyl sites for hydroxylation is 1. The lowest BCUT2D eigenvalue weighted by Gasteiger charge is -2.08. The molecule has 6 nitrogen and oxygen atoms in total. The molecule has 1 amide bonds. The molecule has 26 heavy (non-hydrogen) atoms. The van der Waals surface area contributed by atoms with Crippen molar-refractivity contribution in [3.05, 3.63) is 46.4 Å². The number of amides is 1. The van der Waals surface area contributed by atoms with E-state index in [1.54, 1.807) is 0 Å². The summed E-state index contributed by atoms with van der Waals surface area (Å²) in [5.41, 5.74) is 1.27. The number of anilines is 1. The summed E-state index contributed by atoms with van der Waals surface area (Å²) >= 11 is 1.22. The first kappa shape index (κ1) is 20.0. The van der Waals surface area contributed by atoms with Gasteiger partial charge in [0.05, 0.1) is 12.4 Å². The van der Waals surface area contributed by atoms with Gasteiger partial charge in [-0.15, -0.1) is 0 Å². The standard InChI is InChI=1S/C19H25N3O3S/c1-3-5-11-25-16-9-7-14(8-10-16)20-18(24)13-26-19-21-15(6-4-2)12-17(23)22-19/h7-10,12H,3-6,11,13H2,1-2H3,(H,20,24)(H,21,22,23). The van der Waals surface area contributed by atoms with Gasteiger partial charge in [0.2, 0.25) is 5.91 Å². The van der Waals surface area contributed by atoms with E-state index in [1.807, 2.05) is 31.2 Å². The number of hydrogen-bond acceptors (Lipinski definition) is 5. The quantitative estimate of drug-likeness (QED) is 0.376. The Morgan fingerprint density at radius 1 is 1.23 bits per heavy atom. The van der Waals surface area contributed by atoms with Crippen molar-refractivity contribution in [2.24, 2.45) is 0 Å². The van der Waals surface area contributed by atoms with Crippen molar-refractivity contribution in [3.63, 3.8) is 0 Å². The van der Waals surface area contributed by atoms with E-state index in [1.165, 1.54) is 17.8 Å². The second-order valence-electron chi connectivity index (χ2n) is 5.86. The molecule has 140 valence electrons. The third-order valence-corrected chi connectivity index (χ3v) is 4.40. The van der Waals surface area contributed by atoms with Crippen molar-refractivity contribution < 1.29 is 9.53 Å². The summed E-state index contributed by atoms with van der Waals surface area (Å²) in [5.74, 6) is 0.811. The van der Waals surface area contributed by atoms with Gasteiger partial charge in [-0.3, -0.25) is 9.59 Å². The van der Waals surface area contributed by atoms with Crippen LogP contribution in [0.3, 0.4) is 0 Å². The van der Waals surface area contributed by atoms with Crippen molar-refractivity contribution >= 4 is 23.4 Å². The van der Waals surface area contributed by atoms with E-state index >= 15 is 0 Å². The number of carbonyl (C=O) groups is 1. The molecule has 1 heterocycles. The highest BCUT2D eigenvalue weighted by Gasteiger charge is 2.07. The fourth-order valence-electron chi connectivity index (χ4n) is 2.24. The first-order valence-electron chi connectivity index (χ1n) is 8.86. The van der Waals surface area contributed by atoms with E-state index in [9.17, 15) is 9.59 Å². The van der Waals surface area contributed by atoms with Gasteiger partial charge in [-0.2, -0.15) is 0 Å². The van der Waals surface area contributed by atoms with Crippen molar-refractivity contribution in [1.29, 1.82) is 0 Å². The number of thioether (sulfide) groups is 1. The molecule has 7 heteroatoms. The van der Waals surface area contributed by atoms with Crippen LogP contribution in [0.2, 0.25) is 0 Å². The van der Waals surface area contributed by atoms with Crippen LogP contribution in [-0.4, -0.2) is 28.2 Å². The molecular formula is C19H25N3O3S. The third-order valence-electron chi connectivity index (χ3n) is 3.52. The predicted octanol–water partition coefficient (Wildman–Crippen LogP) is 3.63. The van der Waals surface area contributed by atoms with Crippen LogP contribution in [0.15, 0.2) is 40.3 Å². The molecule has 0 bridgehead atoms. The molecule has 1 aromatic carbocycles. The minimum Gasteiger partial charge on any atom is -0.494 e. The zero-order valence-electron chi connectivity index (χ0n) is 15.2. The summed E-state index contributed by atoms with van der Waals surface area (Å²) in [6.45, 7) is 4.84. The molecule has 2 N–H and O–H groups in total. The van der Waals surface area contributed by atoms with Crippen LogP contribution in [0.1, 0.15) is 38.8 Å². The zero-order chi connectivity index (χ0) is 18.8. The molecule has 0 fully saturated rings. The number of nitrogens with zero attached hydrogens (tertiary/aromatic N) is 1. The highest BCUT2D eigenvalue weighted by molar-refractivity contribution is 7.99. The molecule has 0 aliphatic heterocycles. The van der Waals surface area contributed by atoms with Gasteiger partial charge in [0, 0.05) is 17.4 Å². The maximum Gasteiger partial charge on any atom is 0.251 e. The number of nitrogens with one attached hydrogen (secondary N) is 2. The zero-order valence-corrected chi connectivity index (χ0v) is 16.0. The van der Waals surface area contributed by atoms with Gasteiger partial charge in [-0.25, -0.2) is 4.98 Å². The molecule has 1 aromatic heterocycles. The molecular weight excluding hydrogens is 350 g/mol. The number of benzene rings is 1. The first-order chi connectivity index (χ1) is 12.6. The number of ether oxygens (including phenoxy) is 1. The normalized spacial score (nSPS) is 10.5. The lowest BCUT2D eigenvalue weighted by Crippen LogP contribution is -2.15. The predicted molar refractivity (Wildman–Crippen MR) is 105 cm³/mol. The van der Waals surface area contributed by atoms with E-state index in [0.717, 1.165) is 37.1 Å².